The Bertz CT molecular complexity index is 153. The van der Waals surface area contributed by atoms with E-state index in [1.54, 1.807) is 0 Å². The van der Waals surface area contributed by atoms with Crippen molar-refractivity contribution in [2.24, 2.45) is 17.1 Å². The van der Waals surface area contributed by atoms with Crippen LogP contribution in [0.15, 0.2) is 12.2 Å². The Morgan fingerprint density at radius 3 is 2.18 bits per heavy atom. The van der Waals surface area contributed by atoms with Gasteiger partial charge in [-0.15, -0.1) is 0 Å². The first kappa shape index (κ1) is 8.79. The first-order valence-electron chi connectivity index (χ1n) is 4.44. The Labute approximate surface area is 69.7 Å². The van der Waals surface area contributed by atoms with Crippen LogP contribution in [0.1, 0.15) is 33.6 Å². The highest BCUT2D eigenvalue weighted by molar-refractivity contribution is 5.03. The molecule has 0 heterocycles. The van der Waals surface area contributed by atoms with Crippen molar-refractivity contribution in [1.29, 1.82) is 0 Å². The van der Waals surface area contributed by atoms with Crippen LogP contribution in [0.25, 0.3) is 0 Å². The third-order valence-electron chi connectivity index (χ3n) is 2.51. The Morgan fingerprint density at radius 2 is 1.82 bits per heavy atom. The van der Waals surface area contributed by atoms with Gasteiger partial charge in [-0.2, -0.15) is 0 Å². The van der Waals surface area contributed by atoms with Crippen molar-refractivity contribution in [1.82, 2.24) is 0 Å². The minimum absolute atomic E-state index is 0.314. The minimum Gasteiger partial charge on any atom is -0.324 e. The molecule has 0 fully saturated rings. The zero-order chi connectivity index (χ0) is 8.48. The first-order chi connectivity index (χ1) is 5.00. The Hall–Kier alpha value is -0.300. The topological polar surface area (TPSA) is 26.0 Å². The Kier molecular flexibility index (Phi) is 2.38. The molecule has 1 nitrogen and oxygen atoms in total. The number of hydrogen-bond donors (Lipinski definition) is 1. The zero-order valence-electron chi connectivity index (χ0n) is 7.80. The molecular formula is C10H19N. The van der Waals surface area contributed by atoms with Gasteiger partial charge in [0.1, 0.15) is 0 Å². The summed E-state index contributed by atoms with van der Waals surface area (Å²) < 4.78 is 0. The summed E-state index contributed by atoms with van der Waals surface area (Å²) in [4.78, 5) is 0. The second-order valence-electron chi connectivity index (χ2n) is 4.60. The fraction of sp³-hybridized carbons (Fsp3) is 0.800. The third-order valence-corrected chi connectivity index (χ3v) is 2.51. The first-order valence-corrected chi connectivity index (χ1v) is 4.44. The second kappa shape index (κ2) is 2.98. The summed E-state index contributed by atoms with van der Waals surface area (Å²) in [7, 11) is 0. The van der Waals surface area contributed by atoms with Gasteiger partial charge in [0.25, 0.3) is 0 Å². The molecule has 1 aliphatic rings. The van der Waals surface area contributed by atoms with E-state index in [0.717, 1.165) is 12.3 Å². The summed E-state index contributed by atoms with van der Waals surface area (Å²) in [5, 5.41) is 0. The van der Waals surface area contributed by atoms with Crippen LogP contribution in [0, 0.1) is 11.3 Å². The van der Waals surface area contributed by atoms with Gasteiger partial charge in [0.05, 0.1) is 0 Å². The summed E-state index contributed by atoms with van der Waals surface area (Å²) in [6, 6.07) is 0.314. The average molecular weight is 153 g/mol. The molecule has 1 rings (SSSR count). The van der Waals surface area contributed by atoms with Crippen LogP contribution in [-0.2, 0) is 0 Å². The maximum atomic E-state index is 5.75. The second-order valence-corrected chi connectivity index (χ2v) is 4.60. The monoisotopic (exact) mass is 153 g/mol. The van der Waals surface area contributed by atoms with E-state index in [9.17, 15) is 0 Å². The summed E-state index contributed by atoms with van der Waals surface area (Å²) in [5.74, 6) is 0.724. The predicted molar refractivity (Wildman–Crippen MR) is 49.3 cm³/mol. The number of hydrogen-bond acceptors (Lipinski definition) is 1. The van der Waals surface area contributed by atoms with Gasteiger partial charge < -0.3 is 5.73 Å². The maximum Gasteiger partial charge on any atom is 0.0223 e. The van der Waals surface area contributed by atoms with E-state index in [4.69, 9.17) is 5.73 Å². The van der Waals surface area contributed by atoms with Gasteiger partial charge in [-0.25, -0.2) is 0 Å². The van der Waals surface area contributed by atoms with Crippen LogP contribution in [-0.4, -0.2) is 6.04 Å². The lowest BCUT2D eigenvalue weighted by Crippen LogP contribution is -2.27. The molecule has 2 N–H and O–H groups in total. The third kappa shape index (κ3) is 2.33. The van der Waals surface area contributed by atoms with Crippen LogP contribution in [0.4, 0.5) is 0 Å². The summed E-state index contributed by atoms with van der Waals surface area (Å²) in [6.45, 7) is 6.87. The van der Waals surface area contributed by atoms with Gasteiger partial charge >= 0.3 is 0 Å². The molecule has 0 saturated heterocycles. The molecule has 0 radical (unpaired) electrons. The summed E-state index contributed by atoms with van der Waals surface area (Å²) >= 11 is 0. The molecular weight excluding hydrogens is 134 g/mol. The molecule has 0 aliphatic heterocycles. The van der Waals surface area contributed by atoms with Crippen LogP contribution in [0.2, 0.25) is 0 Å². The van der Waals surface area contributed by atoms with Gasteiger partial charge in [0, 0.05) is 6.04 Å². The number of allylic oxidation sites excluding steroid dienone is 1. The molecule has 1 heteroatoms. The molecule has 0 spiro atoms. The van der Waals surface area contributed by atoms with E-state index in [1.165, 1.54) is 6.42 Å². The summed E-state index contributed by atoms with van der Waals surface area (Å²) in [6.07, 6.45) is 6.84. The molecule has 2 unspecified atom stereocenters. The van der Waals surface area contributed by atoms with Crippen molar-refractivity contribution >= 4 is 0 Å². The van der Waals surface area contributed by atoms with Crippen LogP contribution in [0.3, 0.4) is 0 Å². The quantitative estimate of drug-likeness (QED) is 0.531. The fourth-order valence-electron chi connectivity index (χ4n) is 1.56. The molecule has 1 aliphatic carbocycles. The molecule has 0 aromatic carbocycles. The molecule has 0 saturated carbocycles. The highest BCUT2D eigenvalue weighted by Crippen LogP contribution is 2.33. The standard InChI is InChI=1S/C10H19N/c1-10(2,3)8-4-6-9(11)7-5-8/h4,6,8-9H,5,7,11H2,1-3H3. The maximum absolute atomic E-state index is 5.75. The van der Waals surface area contributed by atoms with Crippen molar-refractivity contribution in [2.75, 3.05) is 0 Å². The van der Waals surface area contributed by atoms with Gasteiger partial charge in [0.2, 0.25) is 0 Å². The van der Waals surface area contributed by atoms with Crippen molar-refractivity contribution in [3.05, 3.63) is 12.2 Å². The summed E-state index contributed by atoms with van der Waals surface area (Å²) in [5.41, 5.74) is 6.17. The van der Waals surface area contributed by atoms with Crippen molar-refractivity contribution in [3.63, 3.8) is 0 Å². The van der Waals surface area contributed by atoms with E-state index in [2.05, 4.69) is 32.9 Å². The fourth-order valence-corrected chi connectivity index (χ4v) is 1.56. The lowest BCUT2D eigenvalue weighted by atomic mass is 9.75. The van der Waals surface area contributed by atoms with Crippen LogP contribution in [0.5, 0.6) is 0 Å². The van der Waals surface area contributed by atoms with Crippen molar-refractivity contribution in [3.8, 4) is 0 Å². The van der Waals surface area contributed by atoms with Gasteiger partial charge in [0.15, 0.2) is 0 Å². The normalized spacial score (nSPS) is 32.4. The van der Waals surface area contributed by atoms with Crippen LogP contribution >= 0.6 is 0 Å². The molecule has 0 amide bonds. The van der Waals surface area contributed by atoms with Gasteiger partial charge in [-0.05, 0) is 24.2 Å². The van der Waals surface area contributed by atoms with Crippen molar-refractivity contribution < 1.29 is 0 Å². The van der Waals surface area contributed by atoms with Gasteiger partial charge in [-0.3, -0.25) is 0 Å². The zero-order valence-corrected chi connectivity index (χ0v) is 7.80. The van der Waals surface area contributed by atoms with E-state index < -0.39 is 0 Å². The highest BCUT2D eigenvalue weighted by atomic mass is 14.6. The molecule has 0 bridgehead atoms. The van der Waals surface area contributed by atoms with E-state index in [0.29, 0.717) is 11.5 Å². The van der Waals surface area contributed by atoms with Crippen molar-refractivity contribution in [2.45, 2.75) is 39.7 Å². The van der Waals surface area contributed by atoms with E-state index in [1.807, 2.05) is 0 Å². The van der Waals surface area contributed by atoms with Gasteiger partial charge in [-0.1, -0.05) is 32.9 Å². The smallest absolute Gasteiger partial charge is 0.0223 e. The number of nitrogens with two attached hydrogens (primary N) is 1. The lowest BCUT2D eigenvalue weighted by Gasteiger charge is -2.31. The van der Waals surface area contributed by atoms with E-state index >= 15 is 0 Å². The Balaban J connectivity index is 2.57. The van der Waals surface area contributed by atoms with Crippen LogP contribution < -0.4 is 5.73 Å². The van der Waals surface area contributed by atoms with E-state index in [-0.39, 0.29) is 0 Å². The molecule has 0 aromatic heterocycles. The molecule has 0 aromatic rings. The number of rotatable bonds is 0. The Morgan fingerprint density at radius 1 is 1.18 bits per heavy atom. The average Bonchev–Trinajstić information content (AvgIpc) is 1.86. The minimum atomic E-state index is 0.314. The predicted octanol–water partition coefficient (Wildman–Crippen LogP) is 2.33. The molecule has 64 valence electrons. The highest BCUT2D eigenvalue weighted by Gasteiger charge is 2.24. The lowest BCUT2D eigenvalue weighted by molar-refractivity contribution is 0.262. The molecule has 2 atom stereocenters. The SMILES string of the molecule is CC(C)(C)C1C=CC(N)CC1. The molecule has 11 heavy (non-hydrogen) atoms. The largest absolute Gasteiger partial charge is 0.324 e.